The predicted octanol–water partition coefficient (Wildman–Crippen LogP) is 1.62. The number of aryl methyl sites for hydroxylation is 2. The molecule has 0 unspecified atom stereocenters. The summed E-state index contributed by atoms with van der Waals surface area (Å²) in [6.07, 6.45) is 1.18. The highest BCUT2D eigenvalue weighted by molar-refractivity contribution is 5.39. The van der Waals surface area contributed by atoms with Gasteiger partial charge in [-0.15, -0.1) is 0 Å². The first kappa shape index (κ1) is 10.7. The van der Waals surface area contributed by atoms with Gasteiger partial charge in [0.1, 0.15) is 0 Å². The van der Waals surface area contributed by atoms with Gasteiger partial charge in [-0.25, -0.2) is 0 Å². The molecule has 1 aromatic carbocycles. The van der Waals surface area contributed by atoms with Gasteiger partial charge in [0.25, 0.3) is 0 Å². The molecule has 0 saturated heterocycles. The van der Waals surface area contributed by atoms with E-state index in [9.17, 15) is 0 Å². The second kappa shape index (κ2) is 4.33. The van der Waals surface area contributed by atoms with Gasteiger partial charge in [-0.1, -0.05) is 17.7 Å². The minimum Gasteiger partial charge on any atom is -0.329 e. The molecule has 0 aliphatic carbocycles. The fourth-order valence-electron chi connectivity index (χ4n) is 2.49. The van der Waals surface area contributed by atoms with Crippen LogP contribution in [0, 0.1) is 13.8 Å². The Bertz CT molecular complexity index is 358. The summed E-state index contributed by atoms with van der Waals surface area (Å²) in [5.41, 5.74) is 11.5. The maximum atomic E-state index is 5.60. The highest BCUT2D eigenvalue weighted by Gasteiger charge is 2.17. The summed E-state index contributed by atoms with van der Waals surface area (Å²) >= 11 is 0. The highest BCUT2D eigenvalue weighted by atomic mass is 15.1. The average Bonchev–Trinajstić information content (AvgIpc) is 2.19. The van der Waals surface area contributed by atoms with E-state index in [4.69, 9.17) is 5.73 Å². The third-order valence-electron chi connectivity index (χ3n) is 3.23. The van der Waals surface area contributed by atoms with E-state index in [1.54, 1.807) is 5.56 Å². The van der Waals surface area contributed by atoms with Crippen molar-refractivity contribution in [3.05, 3.63) is 34.4 Å². The van der Waals surface area contributed by atoms with Crippen LogP contribution in [0.5, 0.6) is 0 Å². The molecular weight excluding hydrogens is 184 g/mol. The molecule has 1 heterocycles. The molecule has 2 N–H and O–H groups in total. The Labute approximate surface area is 92.1 Å². The van der Waals surface area contributed by atoms with Gasteiger partial charge in [0.2, 0.25) is 0 Å². The lowest BCUT2D eigenvalue weighted by Crippen LogP contribution is -2.34. The number of rotatable bonds is 2. The number of nitrogens with two attached hydrogens (primary N) is 1. The molecule has 2 heteroatoms. The number of benzene rings is 1. The van der Waals surface area contributed by atoms with Crippen molar-refractivity contribution in [2.45, 2.75) is 26.8 Å². The van der Waals surface area contributed by atoms with E-state index in [2.05, 4.69) is 30.9 Å². The summed E-state index contributed by atoms with van der Waals surface area (Å²) in [7, 11) is 0. The minimum absolute atomic E-state index is 0.764. The van der Waals surface area contributed by atoms with E-state index >= 15 is 0 Å². The van der Waals surface area contributed by atoms with Crippen molar-refractivity contribution in [2.75, 3.05) is 19.6 Å². The van der Waals surface area contributed by atoms with Crippen molar-refractivity contribution in [1.82, 2.24) is 4.90 Å². The van der Waals surface area contributed by atoms with Crippen LogP contribution in [0.3, 0.4) is 0 Å². The highest BCUT2D eigenvalue weighted by Crippen LogP contribution is 2.23. The van der Waals surface area contributed by atoms with Crippen LogP contribution in [-0.2, 0) is 13.0 Å². The summed E-state index contributed by atoms with van der Waals surface area (Å²) < 4.78 is 0. The molecule has 1 aliphatic rings. The molecule has 1 aliphatic heterocycles. The topological polar surface area (TPSA) is 29.3 Å². The van der Waals surface area contributed by atoms with Gasteiger partial charge in [-0.2, -0.15) is 0 Å². The lowest BCUT2D eigenvalue weighted by molar-refractivity contribution is 0.261. The summed E-state index contributed by atoms with van der Waals surface area (Å²) in [6, 6.07) is 4.62. The summed E-state index contributed by atoms with van der Waals surface area (Å²) in [5.74, 6) is 0. The quantitative estimate of drug-likeness (QED) is 0.793. The molecule has 0 amide bonds. The van der Waals surface area contributed by atoms with Crippen LogP contribution in [0.25, 0.3) is 0 Å². The van der Waals surface area contributed by atoms with Crippen molar-refractivity contribution < 1.29 is 0 Å². The number of fused-ring (bicyclic) bond motifs is 1. The SMILES string of the molecule is Cc1cc(C)c2c(c1)CCN(CCN)C2. The van der Waals surface area contributed by atoms with Crippen molar-refractivity contribution in [1.29, 1.82) is 0 Å². The maximum absolute atomic E-state index is 5.60. The van der Waals surface area contributed by atoms with E-state index in [-0.39, 0.29) is 0 Å². The molecule has 0 saturated carbocycles. The third kappa shape index (κ3) is 2.21. The van der Waals surface area contributed by atoms with Crippen LogP contribution in [0.15, 0.2) is 12.1 Å². The predicted molar refractivity (Wildman–Crippen MR) is 64.0 cm³/mol. The molecule has 0 aromatic heterocycles. The standard InChI is InChI=1S/C13H20N2/c1-10-7-11(2)13-9-15(6-4-14)5-3-12(13)8-10/h7-8H,3-6,9,14H2,1-2H3. The fourth-order valence-corrected chi connectivity index (χ4v) is 2.49. The van der Waals surface area contributed by atoms with E-state index in [1.165, 1.54) is 23.1 Å². The van der Waals surface area contributed by atoms with Crippen LogP contribution < -0.4 is 5.73 Å². The van der Waals surface area contributed by atoms with Gasteiger partial charge < -0.3 is 5.73 Å². The van der Waals surface area contributed by atoms with Gasteiger partial charge in [-0.05, 0) is 37.0 Å². The zero-order valence-electron chi connectivity index (χ0n) is 9.71. The van der Waals surface area contributed by atoms with Gasteiger partial charge >= 0.3 is 0 Å². The molecule has 2 rings (SSSR count). The van der Waals surface area contributed by atoms with Gasteiger partial charge in [0, 0.05) is 26.2 Å². The van der Waals surface area contributed by atoms with E-state index in [0.29, 0.717) is 0 Å². The fraction of sp³-hybridized carbons (Fsp3) is 0.538. The summed E-state index contributed by atoms with van der Waals surface area (Å²) in [6.45, 7) is 8.43. The first-order chi connectivity index (χ1) is 7.20. The molecular formula is C13H20N2. The van der Waals surface area contributed by atoms with Crippen molar-refractivity contribution in [2.24, 2.45) is 5.73 Å². The molecule has 0 spiro atoms. The zero-order valence-corrected chi connectivity index (χ0v) is 9.71. The average molecular weight is 204 g/mol. The van der Waals surface area contributed by atoms with Crippen LogP contribution in [0.4, 0.5) is 0 Å². The van der Waals surface area contributed by atoms with E-state index in [1.807, 2.05) is 0 Å². The molecule has 0 fully saturated rings. The minimum atomic E-state index is 0.764. The molecule has 0 radical (unpaired) electrons. The molecule has 0 bridgehead atoms. The van der Waals surface area contributed by atoms with Crippen LogP contribution in [0.1, 0.15) is 22.3 Å². The van der Waals surface area contributed by atoms with Gasteiger partial charge in [0.15, 0.2) is 0 Å². The largest absolute Gasteiger partial charge is 0.329 e. The van der Waals surface area contributed by atoms with Crippen LogP contribution in [-0.4, -0.2) is 24.5 Å². The van der Waals surface area contributed by atoms with Gasteiger partial charge in [-0.3, -0.25) is 4.90 Å². The van der Waals surface area contributed by atoms with Gasteiger partial charge in [0.05, 0.1) is 0 Å². The summed E-state index contributed by atoms with van der Waals surface area (Å²) in [5, 5.41) is 0. The Morgan fingerprint density at radius 2 is 2.13 bits per heavy atom. The van der Waals surface area contributed by atoms with Crippen LogP contribution >= 0.6 is 0 Å². The molecule has 15 heavy (non-hydrogen) atoms. The smallest absolute Gasteiger partial charge is 0.0239 e. The number of hydrogen-bond donors (Lipinski definition) is 1. The molecule has 1 aromatic rings. The molecule has 82 valence electrons. The van der Waals surface area contributed by atoms with E-state index < -0.39 is 0 Å². The monoisotopic (exact) mass is 204 g/mol. The van der Waals surface area contributed by atoms with Crippen molar-refractivity contribution in [3.8, 4) is 0 Å². The normalized spacial score (nSPS) is 16.5. The lowest BCUT2D eigenvalue weighted by atomic mass is 9.93. The van der Waals surface area contributed by atoms with Crippen LogP contribution in [0.2, 0.25) is 0 Å². The zero-order chi connectivity index (χ0) is 10.8. The molecule has 0 atom stereocenters. The number of hydrogen-bond acceptors (Lipinski definition) is 2. The van der Waals surface area contributed by atoms with Crippen molar-refractivity contribution in [3.63, 3.8) is 0 Å². The Hall–Kier alpha value is -0.860. The Morgan fingerprint density at radius 3 is 2.87 bits per heavy atom. The Morgan fingerprint density at radius 1 is 1.33 bits per heavy atom. The summed E-state index contributed by atoms with van der Waals surface area (Å²) in [4.78, 5) is 2.45. The van der Waals surface area contributed by atoms with E-state index in [0.717, 1.165) is 26.2 Å². The Balaban J connectivity index is 2.25. The first-order valence-electron chi connectivity index (χ1n) is 5.72. The van der Waals surface area contributed by atoms with Crippen molar-refractivity contribution >= 4 is 0 Å². The second-order valence-electron chi connectivity index (χ2n) is 4.53. The number of nitrogens with zero attached hydrogens (tertiary/aromatic N) is 1. The third-order valence-corrected chi connectivity index (χ3v) is 3.23. The first-order valence-corrected chi connectivity index (χ1v) is 5.72. The lowest BCUT2D eigenvalue weighted by Gasteiger charge is -2.29. The maximum Gasteiger partial charge on any atom is 0.0239 e. The Kier molecular flexibility index (Phi) is 3.08. The second-order valence-corrected chi connectivity index (χ2v) is 4.53. The molecule has 2 nitrogen and oxygen atoms in total.